The summed E-state index contributed by atoms with van der Waals surface area (Å²) in [7, 11) is 3.25. The SMILES string of the molecule is COc1ccc(NC(=S)N(CCc2ccc(Cl)cc2)Cc2cccn2Cc2ccc(C)cc2C)cc1OC. The number of ether oxygens (including phenoxy) is 2. The average Bonchev–Trinajstić information content (AvgIpc) is 3.35. The summed E-state index contributed by atoms with van der Waals surface area (Å²) in [4.78, 5) is 2.20. The molecule has 3 aromatic carbocycles. The first-order chi connectivity index (χ1) is 18.4. The first-order valence-corrected chi connectivity index (χ1v) is 13.4. The van der Waals surface area contributed by atoms with Gasteiger partial charge < -0.3 is 24.3 Å². The van der Waals surface area contributed by atoms with Crippen LogP contribution in [0.2, 0.25) is 5.02 Å². The van der Waals surface area contributed by atoms with Crippen LogP contribution in [-0.4, -0.2) is 35.3 Å². The molecule has 0 aliphatic heterocycles. The fourth-order valence-electron chi connectivity index (χ4n) is 4.43. The molecule has 0 bridgehead atoms. The van der Waals surface area contributed by atoms with Gasteiger partial charge in [0.1, 0.15) is 0 Å². The van der Waals surface area contributed by atoms with Gasteiger partial charge in [-0.1, -0.05) is 47.5 Å². The Balaban J connectivity index is 1.55. The molecule has 5 nitrogen and oxygen atoms in total. The smallest absolute Gasteiger partial charge is 0.173 e. The van der Waals surface area contributed by atoms with Gasteiger partial charge in [-0.15, -0.1) is 0 Å². The minimum Gasteiger partial charge on any atom is -0.493 e. The van der Waals surface area contributed by atoms with Gasteiger partial charge in [-0.25, -0.2) is 0 Å². The Morgan fingerprint density at radius 3 is 2.42 bits per heavy atom. The molecule has 0 atom stereocenters. The highest BCUT2D eigenvalue weighted by Gasteiger charge is 2.15. The summed E-state index contributed by atoms with van der Waals surface area (Å²) in [5, 5.41) is 4.78. The van der Waals surface area contributed by atoms with Crippen LogP contribution in [0.25, 0.3) is 0 Å². The lowest BCUT2D eigenvalue weighted by atomic mass is 10.1. The zero-order valence-electron chi connectivity index (χ0n) is 22.3. The molecule has 7 heteroatoms. The van der Waals surface area contributed by atoms with E-state index >= 15 is 0 Å². The monoisotopic (exact) mass is 547 g/mol. The van der Waals surface area contributed by atoms with Crippen LogP contribution in [0.3, 0.4) is 0 Å². The molecule has 0 aliphatic rings. The van der Waals surface area contributed by atoms with Gasteiger partial charge in [0.15, 0.2) is 16.6 Å². The topological polar surface area (TPSA) is 38.7 Å². The van der Waals surface area contributed by atoms with Crippen molar-refractivity contribution in [2.45, 2.75) is 33.4 Å². The molecule has 4 rings (SSSR count). The third-order valence-electron chi connectivity index (χ3n) is 6.62. The molecule has 0 radical (unpaired) electrons. The Bertz CT molecular complexity index is 1380. The molecule has 38 heavy (non-hydrogen) atoms. The van der Waals surface area contributed by atoms with Gasteiger partial charge in [-0.2, -0.15) is 0 Å². The van der Waals surface area contributed by atoms with Crippen LogP contribution in [0, 0.1) is 13.8 Å². The zero-order chi connectivity index (χ0) is 27.1. The van der Waals surface area contributed by atoms with Crippen molar-refractivity contribution in [2.75, 3.05) is 26.1 Å². The molecule has 0 aliphatic carbocycles. The molecule has 0 saturated carbocycles. The second-order valence-electron chi connectivity index (χ2n) is 9.36. The Labute approximate surface area is 236 Å². The van der Waals surface area contributed by atoms with Crippen molar-refractivity contribution in [3.8, 4) is 11.5 Å². The number of anilines is 1. The van der Waals surface area contributed by atoms with E-state index in [2.05, 4.69) is 77.3 Å². The molecule has 1 heterocycles. The number of methoxy groups -OCH3 is 2. The summed E-state index contributed by atoms with van der Waals surface area (Å²) in [6.07, 6.45) is 2.97. The number of aryl methyl sites for hydroxylation is 2. The lowest BCUT2D eigenvalue weighted by Gasteiger charge is -2.27. The largest absolute Gasteiger partial charge is 0.493 e. The van der Waals surface area contributed by atoms with E-state index < -0.39 is 0 Å². The highest BCUT2D eigenvalue weighted by molar-refractivity contribution is 7.80. The summed E-state index contributed by atoms with van der Waals surface area (Å²) in [6.45, 7) is 6.53. The second-order valence-corrected chi connectivity index (χ2v) is 10.2. The number of rotatable bonds is 10. The summed E-state index contributed by atoms with van der Waals surface area (Å²) in [5.41, 5.74) is 7.13. The van der Waals surface area contributed by atoms with E-state index in [1.165, 1.54) is 27.9 Å². The molecule has 0 amide bonds. The van der Waals surface area contributed by atoms with Crippen LogP contribution in [0.1, 0.15) is 27.9 Å². The van der Waals surface area contributed by atoms with Crippen molar-refractivity contribution in [2.24, 2.45) is 0 Å². The Morgan fingerprint density at radius 2 is 1.71 bits per heavy atom. The van der Waals surface area contributed by atoms with E-state index in [9.17, 15) is 0 Å². The molecular weight excluding hydrogens is 514 g/mol. The van der Waals surface area contributed by atoms with Crippen molar-refractivity contribution < 1.29 is 9.47 Å². The first kappa shape index (κ1) is 27.6. The van der Waals surface area contributed by atoms with Crippen LogP contribution in [0.15, 0.2) is 79.0 Å². The maximum Gasteiger partial charge on any atom is 0.173 e. The van der Waals surface area contributed by atoms with E-state index in [0.717, 1.165) is 30.2 Å². The molecule has 0 unspecified atom stereocenters. The van der Waals surface area contributed by atoms with E-state index in [4.69, 9.17) is 33.3 Å². The van der Waals surface area contributed by atoms with Gasteiger partial charge >= 0.3 is 0 Å². The molecule has 1 N–H and O–H groups in total. The lowest BCUT2D eigenvalue weighted by molar-refractivity contribution is 0.355. The van der Waals surface area contributed by atoms with Crippen LogP contribution >= 0.6 is 23.8 Å². The fraction of sp³-hybridized carbons (Fsp3) is 0.258. The minimum atomic E-state index is 0.644. The maximum atomic E-state index is 6.10. The number of aromatic nitrogens is 1. The van der Waals surface area contributed by atoms with Crippen molar-refractivity contribution in [3.63, 3.8) is 0 Å². The molecule has 1 aromatic heterocycles. The van der Waals surface area contributed by atoms with Gasteiger partial charge in [-0.05, 0) is 85.6 Å². The Morgan fingerprint density at radius 1 is 0.947 bits per heavy atom. The highest BCUT2D eigenvalue weighted by atomic mass is 35.5. The summed E-state index contributed by atoms with van der Waals surface area (Å²) >= 11 is 12.0. The quantitative estimate of drug-likeness (QED) is 0.211. The Hall–Kier alpha value is -3.48. The van der Waals surface area contributed by atoms with Crippen LogP contribution < -0.4 is 14.8 Å². The number of thiocarbonyl (C=S) groups is 1. The minimum absolute atomic E-state index is 0.644. The fourth-order valence-corrected chi connectivity index (χ4v) is 4.83. The van der Waals surface area contributed by atoms with Crippen molar-refractivity contribution in [3.05, 3.63) is 112 Å². The molecule has 4 aromatic rings. The third-order valence-corrected chi connectivity index (χ3v) is 7.23. The molecule has 0 fully saturated rings. The van der Waals surface area contributed by atoms with Gasteiger partial charge in [0, 0.05) is 41.8 Å². The summed E-state index contributed by atoms with van der Waals surface area (Å²) < 4.78 is 13.1. The van der Waals surface area contributed by atoms with Crippen LogP contribution in [0.4, 0.5) is 5.69 Å². The zero-order valence-corrected chi connectivity index (χ0v) is 23.9. The van der Waals surface area contributed by atoms with Crippen molar-refractivity contribution in [1.82, 2.24) is 9.47 Å². The predicted molar refractivity (Wildman–Crippen MR) is 161 cm³/mol. The van der Waals surface area contributed by atoms with E-state index in [1.54, 1.807) is 14.2 Å². The van der Waals surface area contributed by atoms with Crippen molar-refractivity contribution >= 4 is 34.6 Å². The molecule has 198 valence electrons. The molecular formula is C31H34ClN3O2S. The molecule has 0 spiro atoms. The first-order valence-electron chi connectivity index (χ1n) is 12.6. The van der Waals surface area contributed by atoms with E-state index in [1.807, 2.05) is 30.3 Å². The average molecular weight is 548 g/mol. The lowest BCUT2D eigenvalue weighted by Crippen LogP contribution is -2.36. The van der Waals surface area contributed by atoms with Crippen LogP contribution in [-0.2, 0) is 19.5 Å². The second kappa shape index (κ2) is 12.9. The maximum absolute atomic E-state index is 6.10. The number of halogens is 1. The normalized spacial score (nSPS) is 10.8. The van der Waals surface area contributed by atoms with Crippen LogP contribution in [0.5, 0.6) is 11.5 Å². The van der Waals surface area contributed by atoms with Gasteiger partial charge in [0.2, 0.25) is 0 Å². The number of nitrogens with zero attached hydrogens (tertiary/aromatic N) is 2. The van der Waals surface area contributed by atoms with Gasteiger partial charge in [0.25, 0.3) is 0 Å². The number of nitrogens with one attached hydrogen (secondary N) is 1. The summed E-state index contributed by atoms with van der Waals surface area (Å²) in [6, 6.07) is 24.6. The van der Waals surface area contributed by atoms with E-state index in [0.29, 0.717) is 23.2 Å². The third kappa shape index (κ3) is 7.09. The number of hydrogen-bond acceptors (Lipinski definition) is 3. The van der Waals surface area contributed by atoms with Gasteiger partial charge in [0.05, 0.1) is 20.8 Å². The molecule has 0 saturated heterocycles. The van der Waals surface area contributed by atoms with E-state index in [-0.39, 0.29) is 0 Å². The Kier molecular flexibility index (Phi) is 9.32. The van der Waals surface area contributed by atoms with Gasteiger partial charge in [-0.3, -0.25) is 0 Å². The number of hydrogen-bond donors (Lipinski definition) is 1. The number of benzene rings is 3. The highest BCUT2D eigenvalue weighted by Crippen LogP contribution is 2.30. The van der Waals surface area contributed by atoms with Crippen molar-refractivity contribution in [1.29, 1.82) is 0 Å². The predicted octanol–water partition coefficient (Wildman–Crippen LogP) is 7.27. The summed E-state index contributed by atoms with van der Waals surface area (Å²) in [5.74, 6) is 1.32. The standard InChI is InChI=1S/C31H34ClN3O2S/c1-22-7-10-25(23(2)18-22)20-34-16-5-6-28(34)21-35(17-15-24-8-11-26(32)12-9-24)31(38)33-27-13-14-29(36-3)30(19-27)37-4/h5-14,16,18-19H,15,17,20-21H2,1-4H3,(H,33,38).